The number of carbonyl (C=O) groups excluding carboxylic acids is 2. The highest BCUT2D eigenvalue weighted by atomic mass is 16.6. The topological polar surface area (TPSA) is 65.5 Å². The van der Waals surface area contributed by atoms with Gasteiger partial charge in [0.1, 0.15) is 0 Å². The molecular weight excluding hydrogens is 222 g/mol. The first-order chi connectivity index (χ1) is 8.19. The van der Waals surface area contributed by atoms with Crippen LogP contribution >= 0.6 is 0 Å². The van der Waals surface area contributed by atoms with Crippen molar-refractivity contribution >= 4 is 11.9 Å². The maximum atomic E-state index is 11.5. The van der Waals surface area contributed by atoms with E-state index in [1.165, 1.54) is 13.3 Å². The molecule has 5 heteroatoms. The lowest BCUT2D eigenvalue weighted by Gasteiger charge is -2.14. The van der Waals surface area contributed by atoms with Crippen LogP contribution in [-0.2, 0) is 19.1 Å². The van der Waals surface area contributed by atoms with Crippen LogP contribution in [0, 0.1) is 0 Å². The van der Waals surface area contributed by atoms with E-state index in [1.807, 2.05) is 6.92 Å². The molecule has 1 heterocycles. The van der Waals surface area contributed by atoms with E-state index in [9.17, 15) is 9.59 Å². The predicted octanol–water partition coefficient (Wildman–Crippen LogP) is 1.64. The van der Waals surface area contributed by atoms with E-state index in [2.05, 4.69) is 9.72 Å². The standard InChI is InChI=1S/C12H15NO4/c1-3-6-10(14)17-11(12(15)16-2)9-7-4-5-8-13-9/h4-5,7-8,11H,3,6H2,1-2H3. The minimum atomic E-state index is -1.08. The van der Waals surface area contributed by atoms with Crippen LogP contribution in [0.1, 0.15) is 31.6 Å². The molecule has 0 spiro atoms. The molecule has 17 heavy (non-hydrogen) atoms. The van der Waals surface area contributed by atoms with E-state index in [0.717, 1.165) is 0 Å². The largest absolute Gasteiger partial charge is 0.466 e. The van der Waals surface area contributed by atoms with E-state index < -0.39 is 18.0 Å². The van der Waals surface area contributed by atoms with Crippen molar-refractivity contribution in [2.45, 2.75) is 25.9 Å². The summed E-state index contributed by atoms with van der Waals surface area (Å²) < 4.78 is 9.64. The smallest absolute Gasteiger partial charge is 0.353 e. The molecule has 0 aliphatic heterocycles. The molecule has 0 fully saturated rings. The summed E-state index contributed by atoms with van der Waals surface area (Å²) in [7, 11) is 1.24. The molecule has 1 aromatic heterocycles. The van der Waals surface area contributed by atoms with Crippen LogP contribution in [0.2, 0.25) is 0 Å². The first-order valence-electron chi connectivity index (χ1n) is 5.37. The van der Waals surface area contributed by atoms with Gasteiger partial charge in [-0.15, -0.1) is 0 Å². The van der Waals surface area contributed by atoms with E-state index in [0.29, 0.717) is 12.1 Å². The Balaban J connectivity index is 2.82. The van der Waals surface area contributed by atoms with Gasteiger partial charge in [-0.2, -0.15) is 0 Å². The normalized spacial score (nSPS) is 11.6. The zero-order chi connectivity index (χ0) is 12.7. The summed E-state index contributed by atoms with van der Waals surface area (Å²) in [6.45, 7) is 1.86. The average Bonchev–Trinajstić information content (AvgIpc) is 2.36. The molecule has 1 atom stereocenters. The Hall–Kier alpha value is -1.91. The second-order valence-electron chi connectivity index (χ2n) is 3.40. The van der Waals surface area contributed by atoms with Crippen molar-refractivity contribution in [3.05, 3.63) is 30.1 Å². The summed E-state index contributed by atoms with van der Waals surface area (Å²) in [6.07, 6.45) is 1.37. The summed E-state index contributed by atoms with van der Waals surface area (Å²) in [5.74, 6) is -1.07. The van der Waals surface area contributed by atoms with Gasteiger partial charge in [-0.05, 0) is 18.6 Å². The molecule has 0 radical (unpaired) electrons. The number of hydrogen-bond acceptors (Lipinski definition) is 5. The Morgan fingerprint density at radius 1 is 1.41 bits per heavy atom. The third-order valence-electron chi connectivity index (χ3n) is 2.08. The Bertz CT molecular complexity index is 377. The van der Waals surface area contributed by atoms with E-state index in [4.69, 9.17) is 4.74 Å². The first kappa shape index (κ1) is 13.2. The number of aromatic nitrogens is 1. The molecule has 5 nitrogen and oxygen atoms in total. The van der Waals surface area contributed by atoms with Crippen LogP contribution in [0.25, 0.3) is 0 Å². The van der Waals surface area contributed by atoms with E-state index in [-0.39, 0.29) is 6.42 Å². The number of ether oxygens (including phenoxy) is 2. The number of rotatable bonds is 5. The summed E-state index contributed by atoms with van der Waals surface area (Å²) in [6, 6.07) is 5.04. The van der Waals surface area contributed by atoms with E-state index in [1.54, 1.807) is 18.2 Å². The van der Waals surface area contributed by atoms with Gasteiger partial charge >= 0.3 is 11.9 Å². The number of carbonyl (C=O) groups is 2. The SMILES string of the molecule is CCCC(=O)OC(C(=O)OC)c1ccccn1. The fraction of sp³-hybridized carbons (Fsp3) is 0.417. The van der Waals surface area contributed by atoms with Gasteiger partial charge < -0.3 is 9.47 Å². The second-order valence-corrected chi connectivity index (χ2v) is 3.40. The molecule has 1 aromatic rings. The molecule has 0 amide bonds. The number of hydrogen-bond donors (Lipinski definition) is 0. The molecule has 0 aliphatic rings. The highest BCUT2D eigenvalue weighted by molar-refractivity contribution is 5.80. The fourth-order valence-electron chi connectivity index (χ4n) is 1.26. The van der Waals surface area contributed by atoms with Gasteiger partial charge in [-0.3, -0.25) is 9.78 Å². The molecule has 0 bridgehead atoms. The molecule has 0 saturated carbocycles. The lowest BCUT2D eigenvalue weighted by molar-refractivity contribution is -0.167. The zero-order valence-electron chi connectivity index (χ0n) is 9.88. The van der Waals surface area contributed by atoms with Crippen LogP contribution in [0.3, 0.4) is 0 Å². The van der Waals surface area contributed by atoms with Gasteiger partial charge in [-0.25, -0.2) is 4.79 Å². The van der Waals surface area contributed by atoms with E-state index >= 15 is 0 Å². The Morgan fingerprint density at radius 2 is 2.18 bits per heavy atom. The summed E-state index contributed by atoms with van der Waals surface area (Å²) >= 11 is 0. The summed E-state index contributed by atoms with van der Waals surface area (Å²) in [4.78, 5) is 26.9. The van der Waals surface area contributed by atoms with Crippen molar-refractivity contribution in [1.82, 2.24) is 4.98 Å². The lowest BCUT2D eigenvalue weighted by Crippen LogP contribution is -2.21. The maximum absolute atomic E-state index is 11.5. The molecule has 92 valence electrons. The minimum Gasteiger partial charge on any atom is -0.466 e. The molecule has 1 rings (SSSR count). The second kappa shape index (κ2) is 6.62. The van der Waals surface area contributed by atoms with Gasteiger partial charge in [0.15, 0.2) is 0 Å². The van der Waals surface area contributed by atoms with Crippen molar-refractivity contribution in [3.8, 4) is 0 Å². The number of esters is 2. The quantitative estimate of drug-likeness (QED) is 0.728. The molecular formula is C12H15NO4. The Morgan fingerprint density at radius 3 is 2.71 bits per heavy atom. The number of nitrogens with zero attached hydrogens (tertiary/aromatic N) is 1. The minimum absolute atomic E-state index is 0.264. The van der Waals surface area contributed by atoms with Crippen molar-refractivity contribution < 1.29 is 19.1 Å². The average molecular weight is 237 g/mol. The molecule has 0 N–H and O–H groups in total. The maximum Gasteiger partial charge on any atom is 0.353 e. The van der Waals surface area contributed by atoms with Crippen molar-refractivity contribution in [1.29, 1.82) is 0 Å². The fourth-order valence-corrected chi connectivity index (χ4v) is 1.26. The third kappa shape index (κ3) is 3.86. The third-order valence-corrected chi connectivity index (χ3v) is 2.08. The van der Waals surface area contributed by atoms with Gasteiger partial charge in [0.2, 0.25) is 6.10 Å². The molecule has 1 unspecified atom stereocenters. The van der Waals surface area contributed by atoms with Crippen LogP contribution in [-0.4, -0.2) is 24.0 Å². The summed E-state index contributed by atoms with van der Waals surface area (Å²) in [5, 5.41) is 0. The monoisotopic (exact) mass is 237 g/mol. The number of methoxy groups -OCH3 is 1. The van der Waals surface area contributed by atoms with Gasteiger partial charge in [0.25, 0.3) is 0 Å². The molecule has 0 aromatic carbocycles. The van der Waals surface area contributed by atoms with Gasteiger partial charge in [-0.1, -0.05) is 13.0 Å². The highest BCUT2D eigenvalue weighted by Crippen LogP contribution is 2.17. The van der Waals surface area contributed by atoms with Crippen LogP contribution in [0.4, 0.5) is 0 Å². The van der Waals surface area contributed by atoms with Crippen LogP contribution in [0.5, 0.6) is 0 Å². The van der Waals surface area contributed by atoms with Gasteiger partial charge in [0, 0.05) is 12.6 Å². The molecule has 0 saturated heterocycles. The molecule has 0 aliphatic carbocycles. The highest BCUT2D eigenvalue weighted by Gasteiger charge is 2.26. The van der Waals surface area contributed by atoms with Gasteiger partial charge in [0.05, 0.1) is 12.8 Å². The Kier molecular flexibility index (Phi) is 5.13. The zero-order valence-corrected chi connectivity index (χ0v) is 9.88. The number of pyridine rings is 1. The predicted molar refractivity (Wildman–Crippen MR) is 60.0 cm³/mol. The van der Waals surface area contributed by atoms with Crippen molar-refractivity contribution in [2.75, 3.05) is 7.11 Å². The van der Waals surface area contributed by atoms with Crippen molar-refractivity contribution in [2.24, 2.45) is 0 Å². The van der Waals surface area contributed by atoms with Crippen LogP contribution < -0.4 is 0 Å². The lowest BCUT2D eigenvalue weighted by atomic mass is 10.2. The summed E-state index contributed by atoms with van der Waals surface area (Å²) in [5.41, 5.74) is 0.365. The first-order valence-corrected chi connectivity index (χ1v) is 5.37. The van der Waals surface area contributed by atoms with Crippen LogP contribution in [0.15, 0.2) is 24.4 Å². The van der Waals surface area contributed by atoms with Crippen molar-refractivity contribution in [3.63, 3.8) is 0 Å². The Labute approximate surface area is 99.8 Å².